The summed E-state index contributed by atoms with van der Waals surface area (Å²) in [6, 6.07) is 3.67. The molecule has 1 aromatic carbocycles. The molecule has 132 valence electrons. The number of hydrogen-bond donors (Lipinski definition) is 2. The minimum absolute atomic E-state index is 0.0360. The van der Waals surface area contributed by atoms with E-state index in [1.807, 2.05) is 0 Å². The van der Waals surface area contributed by atoms with Gasteiger partial charge in [0.2, 0.25) is 11.8 Å². The van der Waals surface area contributed by atoms with E-state index in [2.05, 4.69) is 0 Å². The van der Waals surface area contributed by atoms with Gasteiger partial charge in [0.1, 0.15) is 11.2 Å². The van der Waals surface area contributed by atoms with Gasteiger partial charge in [-0.2, -0.15) is 13.2 Å². The molecular weight excluding hydrogens is 335 g/mol. The van der Waals surface area contributed by atoms with Gasteiger partial charge in [-0.25, -0.2) is 0 Å². The smallest absolute Gasteiger partial charge is 0.416 e. The molecule has 0 radical (unpaired) electrons. The monoisotopic (exact) mass is 351 g/mol. The van der Waals surface area contributed by atoms with Crippen LogP contribution >= 0.6 is 0 Å². The van der Waals surface area contributed by atoms with E-state index in [0.29, 0.717) is 11.1 Å². The van der Waals surface area contributed by atoms with Gasteiger partial charge in [-0.1, -0.05) is 6.07 Å². The Morgan fingerprint density at radius 2 is 1.52 bits per heavy atom. The number of alkyl halides is 3. The van der Waals surface area contributed by atoms with Gasteiger partial charge in [-0.05, 0) is 50.6 Å². The second-order valence-corrected chi connectivity index (χ2v) is 6.88. The third kappa shape index (κ3) is 1.93. The molecule has 2 unspecified atom stereocenters. The summed E-state index contributed by atoms with van der Waals surface area (Å²) in [5.74, 6) is -0.639. The van der Waals surface area contributed by atoms with E-state index < -0.39 is 22.9 Å². The number of benzene rings is 1. The van der Waals surface area contributed by atoms with Crippen LogP contribution in [-0.4, -0.2) is 14.8 Å². The van der Waals surface area contributed by atoms with Crippen molar-refractivity contribution in [3.05, 3.63) is 52.6 Å². The molecule has 4 rings (SSSR count). The summed E-state index contributed by atoms with van der Waals surface area (Å²) >= 11 is 0. The van der Waals surface area contributed by atoms with Gasteiger partial charge >= 0.3 is 6.18 Å². The van der Waals surface area contributed by atoms with Gasteiger partial charge in [0.05, 0.1) is 22.4 Å². The van der Waals surface area contributed by atoms with Gasteiger partial charge in [0.25, 0.3) is 0 Å². The van der Waals surface area contributed by atoms with Crippen LogP contribution in [0.4, 0.5) is 13.2 Å². The number of fused-ring (bicyclic) bond motifs is 5. The van der Waals surface area contributed by atoms with E-state index in [1.165, 1.54) is 19.1 Å². The van der Waals surface area contributed by atoms with Crippen molar-refractivity contribution in [3.8, 4) is 17.4 Å². The summed E-state index contributed by atoms with van der Waals surface area (Å²) in [5.41, 5.74) is -1.79. The zero-order chi connectivity index (χ0) is 18.4. The molecular formula is C18H16F3NO3. The van der Waals surface area contributed by atoms with Gasteiger partial charge in [-0.15, -0.1) is 0 Å². The number of aromatic nitrogens is 1. The molecule has 0 fully saturated rings. The lowest BCUT2D eigenvalue weighted by atomic mass is 9.86. The number of ether oxygens (including phenoxy) is 1. The molecule has 1 aromatic heterocycles. The predicted molar refractivity (Wildman–Crippen MR) is 83.8 cm³/mol. The van der Waals surface area contributed by atoms with E-state index in [9.17, 15) is 23.4 Å². The maximum absolute atomic E-state index is 13.2. The number of nitrogens with zero attached hydrogens (tertiary/aromatic N) is 1. The van der Waals surface area contributed by atoms with E-state index >= 15 is 0 Å². The van der Waals surface area contributed by atoms with Gasteiger partial charge in [-0.3, -0.25) is 4.57 Å². The van der Waals surface area contributed by atoms with Crippen LogP contribution in [0.15, 0.2) is 30.4 Å². The minimum atomic E-state index is -4.52. The Hall–Kier alpha value is -2.41. The Balaban J connectivity index is 1.97. The minimum Gasteiger partial charge on any atom is -0.494 e. The third-order valence-electron chi connectivity index (χ3n) is 5.04. The van der Waals surface area contributed by atoms with Crippen LogP contribution in [0.1, 0.15) is 36.1 Å². The second kappa shape index (κ2) is 4.40. The van der Waals surface area contributed by atoms with Crippen LogP contribution in [-0.2, 0) is 22.1 Å². The summed E-state index contributed by atoms with van der Waals surface area (Å²) in [7, 11) is 0. The van der Waals surface area contributed by atoms with Crippen LogP contribution in [0, 0.1) is 6.92 Å². The summed E-state index contributed by atoms with van der Waals surface area (Å²) in [6.07, 6.45) is -0.979. The first-order chi connectivity index (χ1) is 11.5. The van der Waals surface area contributed by atoms with E-state index in [1.54, 1.807) is 26.0 Å². The number of aryl methyl sites for hydroxylation is 1. The molecule has 3 heterocycles. The first kappa shape index (κ1) is 16.1. The molecule has 0 amide bonds. The van der Waals surface area contributed by atoms with Gasteiger partial charge in [0.15, 0.2) is 0 Å². The predicted octanol–water partition coefficient (Wildman–Crippen LogP) is 4.25. The molecule has 4 nitrogen and oxygen atoms in total. The van der Waals surface area contributed by atoms with Crippen LogP contribution in [0.5, 0.6) is 11.8 Å². The lowest BCUT2D eigenvalue weighted by Crippen LogP contribution is -2.19. The van der Waals surface area contributed by atoms with Crippen molar-refractivity contribution in [2.75, 3.05) is 0 Å². The van der Waals surface area contributed by atoms with Crippen molar-refractivity contribution in [1.29, 1.82) is 0 Å². The highest BCUT2D eigenvalue weighted by Crippen LogP contribution is 2.60. The van der Waals surface area contributed by atoms with E-state index in [-0.39, 0.29) is 23.0 Å². The van der Waals surface area contributed by atoms with E-state index in [4.69, 9.17) is 4.74 Å². The summed E-state index contributed by atoms with van der Waals surface area (Å²) in [5, 5.41) is 21.3. The Labute approximate surface area is 141 Å². The number of hydrogen-bond acceptors (Lipinski definition) is 3. The number of rotatable bonds is 1. The quantitative estimate of drug-likeness (QED) is 0.756. The zero-order valence-corrected chi connectivity index (χ0v) is 13.8. The molecule has 25 heavy (non-hydrogen) atoms. The Morgan fingerprint density at radius 1 is 1.00 bits per heavy atom. The number of aromatic hydroxyl groups is 2. The molecule has 2 N–H and O–H groups in total. The molecule has 2 aliphatic heterocycles. The zero-order valence-electron chi connectivity index (χ0n) is 13.8. The lowest BCUT2D eigenvalue weighted by molar-refractivity contribution is -0.138. The molecule has 0 saturated heterocycles. The molecule has 0 aliphatic carbocycles. The van der Waals surface area contributed by atoms with Crippen molar-refractivity contribution in [3.63, 3.8) is 0 Å². The molecule has 0 saturated carbocycles. The lowest BCUT2D eigenvalue weighted by Gasteiger charge is -2.21. The van der Waals surface area contributed by atoms with Gasteiger partial charge in [0, 0.05) is 0 Å². The van der Waals surface area contributed by atoms with Crippen molar-refractivity contribution >= 4 is 0 Å². The molecule has 2 aromatic rings. The topological polar surface area (TPSA) is 54.6 Å². The fourth-order valence-corrected chi connectivity index (χ4v) is 3.88. The maximum atomic E-state index is 13.2. The van der Waals surface area contributed by atoms with Crippen LogP contribution in [0.2, 0.25) is 0 Å². The largest absolute Gasteiger partial charge is 0.494 e. The molecule has 7 heteroatoms. The summed E-state index contributed by atoms with van der Waals surface area (Å²) in [6.45, 7) is 4.84. The highest BCUT2D eigenvalue weighted by molar-refractivity contribution is 5.64. The molecule has 0 spiro atoms. The summed E-state index contributed by atoms with van der Waals surface area (Å²) < 4.78 is 46.5. The van der Waals surface area contributed by atoms with Gasteiger partial charge < -0.3 is 14.9 Å². The van der Waals surface area contributed by atoms with Crippen molar-refractivity contribution in [2.24, 2.45) is 0 Å². The standard InChI is InChI=1S/C18H16F3NO3/c1-9-4-5-10(8-11(9)18(19,20)21)22-14(23)12-13(15(22)24)17(3)7-6-16(12,2)25-17/h4-8,23-24H,1-3H3. The highest BCUT2D eigenvalue weighted by Gasteiger charge is 2.56. The fourth-order valence-electron chi connectivity index (χ4n) is 3.88. The maximum Gasteiger partial charge on any atom is 0.416 e. The SMILES string of the molecule is Cc1ccc(-n2c(O)c3c(c2O)C2(C)C=CC3(C)O2)cc1C(F)(F)F. The van der Waals surface area contributed by atoms with Crippen LogP contribution in [0.3, 0.4) is 0 Å². The first-order valence-electron chi connectivity index (χ1n) is 7.74. The first-order valence-corrected chi connectivity index (χ1v) is 7.74. The van der Waals surface area contributed by atoms with Crippen molar-refractivity contribution in [2.45, 2.75) is 38.1 Å². The molecule has 2 atom stereocenters. The third-order valence-corrected chi connectivity index (χ3v) is 5.04. The average molecular weight is 351 g/mol. The van der Waals surface area contributed by atoms with Crippen LogP contribution in [0.25, 0.3) is 5.69 Å². The Bertz CT molecular complexity index is 903. The normalized spacial score (nSPS) is 27.1. The highest BCUT2D eigenvalue weighted by atomic mass is 19.4. The molecule has 2 aliphatic rings. The van der Waals surface area contributed by atoms with Crippen molar-refractivity contribution < 1.29 is 28.1 Å². The Kier molecular flexibility index (Phi) is 2.83. The Morgan fingerprint density at radius 3 is 2.00 bits per heavy atom. The van der Waals surface area contributed by atoms with Crippen LogP contribution < -0.4 is 0 Å². The fraction of sp³-hybridized carbons (Fsp3) is 0.333. The second-order valence-electron chi connectivity index (χ2n) is 6.88. The molecule has 2 bridgehead atoms. The number of halogens is 3. The summed E-state index contributed by atoms with van der Waals surface area (Å²) in [4.78, 5) is 0. The van der Waals surface area contributed by atoms with E-state index in [0.717, 1.165) is 10.6 Å². The average Bonchev–Trinajstić information content (AvgIpc) is 3.04. The van der Waals surface area contributed by atoms with Crippen molar-refractivity contribution in [1.82, 2.24) is 4.57 Å².